The number of carbonyl (C=O) groups excluding carboxylic acids is 1. The Morgan fingerprint density at radius 2 is 2.16 bits per heavy atom. The Balaban J connectivity index is 2.25. The smallest absolute Gasteiger partial charge is 0.325 e. The van der Waals surface area contributed by atoms with E-state index in [-0.39, 0.29) is 24.5 Å². The van der Waals surface area contributed by atoms with Crippen LogP contribution in [0.4, 0.5) is 0 Å². The first-order valence-electron chi connectivity index (χ1n) is 6.22. The fourth-order valence-corrected chi connectivity index (χ4v) is 2.85. The summed E-state index contributed by atoms with van der Waals surface area (Å²) in [6, 6.07) is 7.35. The molecule has 3 atom stereocenters. The third kappa shape index (κ3) is 2.76. The minimum Gasteiger partial charge on any atom is -0.468 e. The third-order valence-corrected chi connectivity index (χ3v) is 3.97. The predicted molar refractivity (Wildman–Crippen MR) is 72.9 cm³/mol. The van der Waals surface area contributed by atoms with Gasteiger partial charge in [-0.15, -0.1) is 0 Å². The van der Waals surface area contributed by atoms with Crippen LogP contribution in [0.15, 0.2) is 24.3 Å². The molecular weight excluding hydrogens is 266 g/mol. The fraction of sp³-hybridized carbons (Fsp3) is 0.500. The van der Waals surface area contributed by atoms with Gasteiger partial charge < -0.3 is 9.84 Å². The Morgan fingerprint density at radius 3 is 2.68 bits per heavy atom. The normalized spacial score (nSPS) is 30.3. The lowest BCUT2D eigenvalue weighted by molar-refractivity contribution is -0.147. The summed E-state index contributed by atoms with van der Waals surface area (Å²) in [7, 11) is 1.37. The van der Waals surface area contributed by atoms with Gasteiger partial charge in [0.15, 0.2) is 0 Å². The summed E-state index contributed by atoms with van der Waals surface area (Å²) in [5.41, 5.74) is 0.253. The van der Waals surface area contributed by atoms with Gasteiger partial charge in [-0.3, -0.25) is 10.1 Å². The van der Waals surface area contributed by atoms with Gasteiger partial charge in [0, 0.05) is 23.6 Å². The molecule has 0 saturated carbocycles. The van der Waals surface area contributed by atoms with Gasteiger partial charge in [0.05, 0.1) is 7.11 Å². The number of aliphatic hydroxyl groups excluding tert-OH is 1. The number of nitrogens with one attached hydrogen (secondary N) is 1. The fourth-order valence-electron chi connectivity index (χ4n) is 2.73. The van der Waals surface area contributed by atoms with Crippen molar-refractivity contribution in [2.24, 2.45) is 5.92 Å². The zero-order chi connectivity index (χ0) is 14.0. The van der Waals surface area contributed by atoms with Crippen LogP contribution in [0.1, 0.15) is 24.9 Å². The summed E-state index contributed by atoms with van der Waals surface area (Å²) < 4.78 is 4.83. The quantitative estimate of drug-likeness (QED) is 0.832. The van der Waals surface area contributed by atoms with Crippen LogP contribution in [-0.2, 0) is 9.53 Å². The van der Waals surface area contributed by atoms with Gasteiger partial charge in [-0.1, -0.05) is 23.7 Å². The summed E-state index contributed by atoms with van der Waals surface area (Å²) >= 11 is 5.87. The number of aliphatic hydroxyl groups is 1. The molecule has 1 aliphatic heterocycles. The second-order valence-corrected chi connectivity index (χ2v) is 5.58. The molecule has 0 unspecified atom stereocenters. The van der Waals surface area contributed by atoms with Crippen LogP contribution in [0.5, 0.6) is 0 Å². The number of halogens is 1. The molecule has 0 amide bonds. The van der Waals surface area contributed by atoms with Crippen LogP contribution >= 0.6 is 11.6 Å². The van der Waals surface area contributed by atoms with Crippen molar-refractivity contribution in [2.45, 2.75) is 24.9 Å². The van der Waals surface area contributed by atoms with Crippen molar-refractivity contribution in [3.63, 3.8) is 0 Å². The van der Waals surface area contributed by atoms with Crippen LogP contribution in [-0.4, -0.2) is 30.3 Å². The van der Waals surface area contributed by atoms with E-state index < -0.39 is 5.54 Å². The summed E-state index contributed by atoms with van der Waals surface area (Å²) in [4.78, 5) is 11.8. The molecule has 0 radical (unpaired) electrons. The van der Waals surface area contributed by atoms with Crippen molar-refractivity contribution >= 4 is 17.6 Å². The number of hydrogen-bond acceptors (Lipinski definition) is 4. The first-order valence-corrected chi connectivity index (χ1v) is 6.60. The Bertz CT molecular complexity index is 462. The minimum atomic E-state index is -0.757. The highest BCUT2D eigenvalue weighted by molar-refractivity contribution is 6.30. The highest BCUT2D eigenvalue weighted by Gasteiger charge is 2.47. The zero-order valence-electron chi connectivity index (χ0n) is 11.0. The molecule has 1 aromatic rings. The van der Waals surface area contributed by atoms with E-state index in [1.807, 2.05) is 12.1 Å². The highest BCUT2D eigenvalue weighted by Crippen LogP contribution is 2.38. The average Bonchev–Trinajstić information content (AvgIpc) is 2.77. The van der Waals surface area contributed by atoms with Gasteiger partial charge in [-0.05, 0) is 31.0 Å². The van der Waals surface area contributed by atoms with Gasteiger partial charge in [0.1, 0.15) is 5.54 Å². The number of rotatable bonds is 3. The zero-order valence-corrected chi connectivity index (χ0v) is 11.8. The number of carbonyl (C=O) groups is 1. The number of hydrogen-bond donors (Lipinski definition) is 2. The molecule has 4 nitrogen and oxygen atoms in total. The molecule has 5 heteroatoms. The summed E-state index contributed by atoms with van der Waals surface area (Å²) in [5.74, 6) is -0.326. The van der Waals surface area contributed by atoms with E-state index in [4.69, 9.17) is 16.3 Å². The monoisotopic (exact) mass is 283 g/mol. The molecule has 19 heavy (non-hydrogen) atoms. The van der Waals surface area contributed by atoms with Crippen molar-refractivity contribution in [3.8, 4) is 0 Å². The molecule has 2 rings (SSSR count). The largest absolute Gasteiger partial charge is 0.468 e. The maximum absolute atomic E-state index is 11.8. The van der Waals surface area contributed by atoms with E-state index in [9.17, 15) is 9.90 Å². The molecule has 1 fully saturated rings. The van der Waals surface area contributed by atoms with Crippen LogP contribution in [0.3, 0.4) is 0 Å². The van der Waals surface area contributed by atoms with Crippen LogP contribution in [0.25, 0.3) is 0 Å². The average molecular weight is 284 g/mol. The first-order chi connectivity index (χ1) is 9.00. The minimum absolute atomic E-state index is 0.0207. The maximum atomic E-state index is 11.8. The molecule has 0 aromatic heterocycles. The third-order valence-electron chi connectivity index (χ3n) is 3.72. The van der Waals surface area contributed by atoms with Gasteiger partial charge in [-0.2, -0.15) is 0 Å². The molecule has 1 aliphatic rings. The van der Waals surface area contributed by atoms with Crippen LogP contribution in [0.2, 0.25) is 5.02 Å². The lowest BCUT2D eigenvalue weighted by Gasteiger charge is -2.22. The van der Waals surface area contributed by atoms with E-state index in [0.29, 0.717) is 11.4 Å². The van der Waals surface area contributed by atoms with Gasteiger partial charge in [0.25, 0.3) is 0 Å². The van der Waals surface area contributed by atoms with E-state index >= 15 is 0 Å². The van der Waals surface area contributed by atoms with E-state index in [0.717, 1.165) is 5.56 Å². The van der Waals surface area contributed by atoms with Crippen LogP contribution < -0.4 is 5.32 Å². The Kier molecular flexibility index (Phi) is 4.13. The highest BCUT2D eigenvalue weighted by atomic mass is 35.5. The molecule has 1 saturated heterocycles. The SMILES string of the molecule is COC(=O)[C@]1(C)C[C@@H](CO)[C@@H](c2ccc(Cl)cc2)N1. The maximum Gasteiger partial charge on any atom is 0.325 e. The topological polar surface area (TPSA) is 58.6 Å². The summed E-state index contributed by atoms with van der Waals surface area (Å²) in [5, 5.41) is 13.5. The molecule has 1 heterocycles. The van der Waals surface area contributed by atoms with Gasteiger partial charge in [-0.25, -0.2) is 0 Å². The molecule has 0 aliphatic carbocycles. The Labute approximate surface area is 117 Å². The lowest BCUT2D eigenvalue weighted by Crippen LogP contribution is -2.45. The molecule has 0 bridgehead atoms. The first kappa shape index (κ1) is 14.3. The summed E-state index contributed by atoms with van der Waals surface area (Å²) in [6.07, 6.45) is 0.545. The second kappa shape index (κ2) is 5.49. The number of ether oxygens (including phenoxy) is 1. The molecule has 0 spiro atoms. The number of esters is 1. The van der Waals surface area contributed by atoms with Crippen molar-refractivity contribution < 1.29 is 14.6 Å². The number of benzene rings is 1. The van der Waals surface area contributed by atoms with E-state index in [2.05, 4.69) is 5.32 Å². The predicted octanol–water partition coefficient (Wildman–Crippen LogP) is 1.91. The van der Waals surface area contributed by atoms with Gasteiger partial charge in [0.2, 0.25) is 0 Å². The summed E-state index contributed by atoms with van der Waals surface area (Å²) in [6.45, 7) is 1.82. The second-order valence-electron chi connectivity index (χ2n) is 5.14. The number of methoxy groups -OCH3 is 1. The molecule has 104 valence electrons. The van der Waals surface area contributed by atoms with Crippen molar-refractivity contribution in [1.82, 2.24) is 5.32 Å². The standard InChI is InChI=1S/C14H18ClNO3/c1-14(13(18)19-2)7-10(8-17)12(16-14)9-3-5-11(15)6-4-9/h3-6,10,12,16-17H,7-8H2,1-2H3/t10-,12+,14-/m0/s1. The van der Waals surface area contributed by atoms with E-state index in [1.165, 1.54) is 7.11 Å². The van der Waals surface area contributed by atoms with Crippen molar-refractivity contribution in [2.75, 3.05) is 13.7 Å². The molecule has 1 aromatic carbocycles. The van der Waals surface area contributed by atoms with Gasteiger partial charge >= 0.3 is 5.97 Å². The van der Waals surface area contributed by atoms with E-state index in [1.54, 1.807) is 19.1 Å². The lowest BCUT2D eigenvalue weighted by atomic mass is 9.91. The molecular formula is C14H18ClNO3. The molecule has 2 N–H and O–H groups in total. The Hall–Kier alpha value is -1.10. The van der Waals surface area contributed by atoms with Crippen LogP contribution in [0, 0.1) is 5.92 Å². The van der Waals surface area contributed by atoms with Crippen molar-refractivity contribution in [1.29, 1.82) is 0 Å². The Morgan fingerprint density at radius 1 is 1.53 bits per heavy atom. The van der Waals surface area contributed by atoms with Crippen molar-refractivity contribution in [3.05, 3.63) is 34.9 Å².